The van der Waals surface area contributed by atoms with Crippen molar-refractivity contribution in [3.63, 3.8) is 0 Å². The van der Waals surface area contributed by atoms with Crippen molar-refractivity contribution in [3.8, 4) is 17.2 Å². The van der Waals surface area contributed by atoms with Crippen LogP contribution in [0.1, 0.15) is 28.3 Å². The van der Waals surface area contributed by atoms with Crippen LogP contribution >= 0.6 is 0 Å². The summed E-state index contributed by atoms with van der Waals surface area (Å²) in [5.41, 5.74) is 1.52. The largest absolute Gasteiger partial charge is 0.497 e. The molecule has 4 heteroatoms. The van der Waals surface area contributed by atoms with E-state index in [4.69, 9.17) is 14.2 Å². The monoisotopic (exact) mass is 298 g/mol. The molecule has 4 nitrogen and oxygen atoms in total. The molecule has 1 heterocycles. The molecule has 0 aliphatic carbocycles. The van der Waals surface area contributed by atoms with Gasteiger partial charge in [0.2, 0.25) is 0 Å². The smallest absolute Gasteiger partial charge is 0.174 e. The van der Waals surface area contributed by atoms with Gasteiger partial charge in [0.25, 0.3) is 0 Å². The first-order chi connectivity index (χ1) is 10.7. The van der Waals surface area contributed by atoms with Gasteiger partial charge >= 0.3 is 0 Å². The highest BCUT2D eigenvalue weighted by Gasteiger charge is 2.29. The standard InChI is InChI=1S/C18H18O4/c1-20-12-7-8-15(17(11-12)21-2)18(19)14-9-10-22-16-6-4-3-5-13(14)16/h3-8,11,14H,9-10H2,1-2H3. The predicted octanol–water partition coefficient (Wildman–Crippen LogP) is 3.45. The maximum atomic E-state index is 13.0. The predicted molar refractivity (Wildman–Crippen MR) is 83.2 cm³/mol. The summed E-state index contributed by atoms with van der Waals surface area (Å²) >= 11 is 0. The number of carbonyl (C=O) groups is 1. The molecule has 0 saturated heterocycles. The number of ketones is 1. The van der Waals surface area contributed by atoms with Gasteiger partial charge in [-0.1, -0.05) is 18.2 Å². The van der Waals surface area contributed by atoms with Gasteiger partial charge in [-0.15, -0.1) is 0 Å². The summed E-state index contributed by atoms with van der Waals surface area (Å²) in [7, 11) is 3.15. The molecule has 0 amide bonds. The number of para-hydroxylation sites is 1. The molecule has 2 aromatic carbocycles. The Kier molecular flexibility index (Phi) is 4.00. The maximum Gasteiger partial charge on any atom is 0.174 e. The summed E-state index contributed by atoms with van der Waals surface area (Å²) < 4.78 is 16.2. The van der Waals surface area contributed by atoms with Gasteiger partial charge in [-0.25, -0.2) is 0 Å². The highest BCUT2D eigenvalue weighted by atomic mass is 16.5. The first-order valence-corrected chi connectivity index (χ1v) is 7.22. The second kappa shape index (κ2) is 6.10. The van der Waals surface area contributed by atoms with Crippen LogP contribution in [0, 0.1) is 0 Å². The molecule has 1 atom stereocenters. The van der Waals surface area contributed by atoms with Crippen molar-refractivity contribution >= 4 is 5.78 Å². The highest BCUT2D eigenvalue weighted by Crippen LogP contribution is 2.37. The Morgan fingerprint density at radius 1 is 1.14 bits per heavy atom. The summed E-state index contributed by atoms with van der Waals surface area (Å²) in [6, 6.07) is 13.0. The lowest BCUT2D eigenvalue weighted by molar-refractivity contribution is 0.0930. The van der Waals surface area contributed by atoms with E-state index in [1.54, 1.807) is 32.4 Å². The topological polar surface area (TPSA) is 44.8 Å². The molecule has 1 aliphatic heterocycles. The summed E-state index contributed by atoms with van der Waals surface area (Å²) in [6.45, 7) is 0.548. The van der Waals surface area contributed by atoms with Crippen LogP contribution in [0.15, 0.2) is 42.5 Å². The van der Waals surface area contributed by atoms with Gasteiger partial charge in [-0.3, -0.25) is 4.79 Å². The number of carbonyl (C=O) groups excluding carboxylic acids is 1. The molecule has 0 spiro atoms. The van der Waals surface area contributed by atoms with E-state index < -0.39 is 0 Å². The van der Waals surface area contributed by atoms with Gasteiger partial charge in [0, 0.05) is 11.6 Å². The number of hydrogen-bond acceptors (Lipinski definition) is 4. The number of Topliss-reactive ketones (excluding diaryl/α,β-unsaturated/α-hetero) is 1. The van der Waals surface area contributed by atoms with Gasteiger partial charge in [-0.2, -0.15) is 0 Å². The van der Waals surface area contributed by atoms with Gasteiger partial charge in [0.05, 0.1) is 32.3 Å². The van der Waals surface area contributed by atoms with E-state index in [0.29, 0.717) is 30.1 Å². The number of benzene rings is 2. The molecule has 22 heavy (non-hydrogen) atoms. The van der Waals surface area contributed by atoms with E-state index in [2.05, 4.69) is 0 Å². The molecule has 0 fully saturated rings. The molecular weight excluding hydrogens is 280 g/mol. The van der Waals surface area contributed by atoms with Crippen LogP contribution in [0.3, 0.4) is 0 Å². The fourth-order valence-electron chi connectivity index (χ4n) is 2.80. The van der Waals surface area contributed by atoms with Crippen molar-refractivity contribution in [1.29, 1.82) is 0 Å². The molecule has 0 radical (unpaired) electrons. The van der Waals surface area contributed by atoms with Crippen LogP contribution in [-0.2, 0) is 0 Å². The Labute approximate surface area is 129 Å². The van der Waals surface area contributed by atoms with Crippen LogP contribution in [0.5, 0.6) is 17.2 Å². The van der Waals surface area contributed by atoms with E-state index in [9.17, 15) is 4.79 Å². The molecule has 3 rings (SSSR count). The quantitative estimate of drug-likeness (QED) is 0.811. The van der Waals surface area contributed by atoms with Crippen molar-refractivity contribution < 1.29 is 19.0 Å². The SMILES string of the molecule is COc1ccc(C(=O)C2CCOc3ccccc32)c(OC)c1. The first kappa shape index (κ1) is 14.4. The summed E-state index contributed by atoms with van der Waals surface area (Å²) in [6.07, 6.45) is 0.672. The van der Waals surface area contributed by atoms with E-state index in [-0.39, 0.29) is 11.7 Å². The average molecular weight is 298 g/mol. The molecule has 0 saturated carbocycles. The molecule has 0 bridgehead atoms. The zero-order valence-corrected chi connectivity index (χ0v) is 12.7. The Balaban J connectivity index is 1.99. The molecule has 1 unspecified atom stereocenters. The van der Waals surface area contributed by atoms with Crippen molar-refractivity contribution in [3.05, 3.63) is 53.6 Å². The minimum Gasteiger partial charge on any atom is -0.497 e. The minimum atomic E-state index is -0.202. The second-order valence-electron chi connectivity index (χ2n) is 5.16. The van der Waals surface area contributed by atoms with E-state index in [1.807, 2.05) is 24.3 Å². The van der Waals surface area contributed by atoms with Gasteiger partial charge in [-0.05, 0) is 24.6 Å². The minimum absolute atomic E-state index is 0.0512. The van der Waals surface area contributed by atoms with Crippen molar-refractivity contribution in [2.75, 3.05) is 20.8 Å². The van der Waals surface area contributed by atoms with Crippen LogP contribution in [-0.4, -0.2) is 26.6 Å². The molecule has 1 aliphatic rings. The molecule has 2 aromatic rings. The van der Waals surface area contributed by atoms with E-state index in [1.165, 1.54) is 0 Å². The average Bonchev–Trinajstić information content (AvgIpc) is 2.60. The molecule has 114 valence electrons. The lowest BCUT2D eigenvalue weighted by Crippen LogP contribution is -2.21. The zero-order chi connectivity index (χ0) is 15.5. The normalized spacial score (nSPS) is 16.4. The summed E-state index contributed by atoms with van der Waals surface area (Å²) in [5.74, 6) is 1.84. The number of rotatable bonds is 4. The van der Waals surface area contributed by atoms with Gasteiger partial charge in [0.15, 0.2) is 5.78 Å². The highest BCUT2D eigenvalue weighted by molar-refractivity contribution is 6.03. The fraction of sp³-hybridized carbons (Fsp3) is 0.278. The number of hydrogen-bond donors (Lipinski definition) is 0. The molecule has 0 N–H and O–H groups in total. The number of methoxy groups -OCH3 is 2. The number of fused-ring (bicyclic) bond motifs is 1. The zero-order valence-electron chi connectivity index (χ0n) is 12.7. The third-order valence-electron chi connectivity index (χ3n) is 3.95. The maximum absolute atomic E-state index is 13.0. The second-order valence-corrected chi connectivity index (χ2v) is 5.16. The van der Waals surface area contributed by atoms with Crippen LogP contribution in [0.25, 0.3) is 0 Å². The summed E-state index contributed by atoms with van der Waals surface area (Å²) in [4.78, 5) is 13.0. The first-order valence-electron chi connectivity index (χ1n) is 7.22. The Hall–Kier alpha value is -2.49. The lowest BCUT2D eigenvalue weighted by atomic mass is 9.86. The third-order valence-corrected chi connectivity index (χ3v) is 3.95. The van der Waals surface area contributed by atoms with Gasteiger partial charge < -0.3 is 14.2 Å². The van der Waals surface area contributed by atoms with Crippen LogP contribution in [0.2, 0.25) is 0 Å². The van der Waals surface area contributed by atoms with Crippen molar-refractivity contribution in [2.45, 2.75) is 12.3 Å². The molecular formula is C18H18O4. The van der Waals surface area contributed by atoms with Crippen LogP contribution in [0.4, 0.5) is 0 Å². The Morgan fingerprint density at radius 2 is 1.95 bits per heavy atom. The van der Waals surface area contributed by atoms with Gasteiger partial charge in [0.1, 0.15) is 17.2 Å². The van der Waals surface area contributed by atoms with Crippen molar-refractivity contribution in [1.82, 2.24) is 0 Å². The summed E-state index contributed by atoms with van der Waals surface area (Å²) in [5, 5.41) is 0. The van der Waals surface area contributed by atoms with E-state index >= 15 is 0 Å². The van der Waals surface area contributed by atoms with Crippen LogP contribution < -0.4 is 14.2 Å². The number of ether oxygens (including phenoxy) is 3. The Morgan fingerprint density at radius 3 is 2.73 bits per heavy atom. The fourth-order valence-corrected chi connectivity index (χ4v) is 2.80. The van der Waals surface area contributed by atoms with E-state index in [0.717, 1.165) is 11.3 Å². The third kappa shape index (κ3) is 2.52. The lowest BCUT2D eigenvalue weighted by Gasteiger charge is -2.25. The Bertz CT molecular complexity index is 693. The molecule has 0 aromatic heterocycles. The van der Waals surface area contributed by atoms with Crippen molar-refractivity contribution in [2.24, 2.45) is 0 Å².